The Morgan fingerprint density at radius 1 is 0.885 bits per heavy atom. The van der Waals surface area contributed by atoms with Crippen LogP contribution in [0.4, 0.5) is 0 Å². The predicted molar refractivity (Wildman–Crippen MR) is 115 cm³/mol. The molecule has 4 nitrogen and oxygen atoms in total. The Kier molecular flexibility index (Phi) is 7.59. The maximum atomic E-state index is 13.6. The minimum Gasteiger partial charge on any atom is -0.481 e. The number of carboxylic acids is 1. The molecule has 0 aromatic carbocycles. The van der Waals surface area contributed by atoms with Crippen molar-refractivity contribution in [2.45, 2.75) is 97.8 Å². The van der Waals surface area contributed by atoms with Crippen LogP contribution in [0.25, 0.3) is 0 Å². The topological polar surface area (TPSA) is 63.6 Å². The molecule has 154 valence electrons. The van der Waals surface area contributed by atoms with Gasteiger partial charge in [0.1, 0.15) is 0 Å². The summed E-state index contributed by atoms with van der Waals surface area (Å²) in [5, 5.41) is 9.29. The number of rotatable bonds is 7. The molecule has 0 radical (unpaired) electrons. The number of ether oxygens (including phenoxy) is 1. The average Bonchev–Trinajstić information content (AvgIpc) is 2.28. The third-order valence-corrected chi connectivity index (χ3v) is 10.9. The Balaban J connectivity index is 6.61. The van der Waals surface area contributed by atoms with Crippen molar-refractivity contribution in [1.82, 2.24) is 0 Å². The van der Waals surface area contributed by atoms with E-state index in [1.54, 1.807) is 0 Å². The van der Waals surface area contributed by atoms with Crippen molar-refractivity contribution < 1.29 is 19.4 Å². The van der Waals surface area contributed by atoms with E-state index in [0.717, 1.165) is 0 Å². The zero-order valence-electron chi connectivity index (χ0n) is 19.2. The van der Waals surface area contributed by atoms with Crippen LogP contribution < -0.4 is 0 Å². The molecule has 6 heteroatoms. The summed E-state index contributed by atoms with van der Waals surface area (Å²) in [5.74, 6) is -1.14. The van der Waals surface area contributed by atoms with Gasteiger partial charge in [-0.05, 0) is 17.3 Å². The van der Waals surface area contributed by atoms with Gasteiger partial charge >= 0.3 is 11.9 Å². The highest BCUT2D eigenvalue weighted by atomic mass is 28.3. The predicted octanol–water partition coefficient (Wildman–Crippen LogP) is 5.88. The Hall–Kier alpha value is -0.626. The van der Waals surface area contributed by atoms with Crippen LogP contribution in [0.15, 0.2) is 0 Å². The Morgan fingerprint density at radius 2 is 1.31 bits per heavy atom. The molecule has 0 saturated carbocycles. The molecule has 0 heterocycles. The van der Waals surface area contributed by atoms with Gasteiger partial charge in [0.2, 0.25) is 0 Å². The summed E-state index contributed by atoms with van der Waals surface area (Å²) in [5.41, 5.74) is -0.983. The number of esters is 1. The molecule has 1 N–H and O–H groups in total. The molecule has 0 aliphatic rings. The second-order valence-corrected chi connectivity index (χ2v) is 22.9. The van der Waals surface area contributed by atoms with E-state index in [2.05, 4.69) is 60.1 Å². The van der Waals surface area contributed by atoms with Crippen LogP contribution in [0, 0.1) is 10.8 Å². The summed E-state index contributed by atoms with van der Waals surface area (Å²) in [7, 11) is -4.46. The van der Waals surface area contributed by atoms with E-state index in [9.17, 15) is 14.7 Å². The van der Waals surface area contributed by atoms with Gasteiger partial charge in [0, 0.05) is 0 Å². The summed E-state index contributed by atoms with van der Waals surface area (Å²) < 4.78 is 5.83. The van der Waals surface area contributed by atoms with E-state index in [0.29, 0.717) is 13.0 Å². The summed E-state index contributed by atoms with van der Waals surface area (Å²) in [6, 6.07) is 0. The Bertz CT molecular complexity index is 516. The molecule has 0 fully saturated rings. The summed E-state index contributed by atoms with van der Waals surface area (Å²) in [6.45, 7) is 25.1. The maximum Gasteiger partial charge on any atom is 0.309 e. The van der Waals surface area contributed by atoms with Crippen LogP contribution in [0.2, 0.25) is 49.9 Å². The molecule has 0 saturated heterocycles. The van der Waals surface area contributed by atoms with Crippen molar-refractivity contribution >= 4 is 28.1 Å². The molecule has 26 heavy (non-hydrogen) atoms. The molecule has 0 aliphatic heterocycles. The third-order valence-electron chi connectivity index (χ3n) is 4.75. The molecule has 0 rings (SSSR count). The van der Waals surface area contributed by atoms with Gasteiger partial charge in [-0.2, -0.15) is 0 Å². The van der Waals surface area contributed by atoms with Crippen LogP contribution in [-0.2, 0) is 14.3 Å². The van der Waals surface area contributed by atoms with Crippen molar-refractivity contribution in [1.29, 1.82) is 0 Å². The molecule has 2 atom stereocenters. The molecule has 0 amide bonds. The maximum absolute atomic E-state index is 13.6. The average molecular weight is 403 g/mol. The number of carboxylic acid groups (broad SMARTS) is 1. The zero-order chi connectivity index (χ0) is 21.4. The highest BCUT2D eigenvalue weighted by Gasteiger charge is 2.63. The second-order valence-electron chi connectivity index (χ2n) is 12.2. The van der Waals surface area contributed by atoms with E-state index >= 15 is 0 Å². The van der Waals surface area contributed by atoms with E-state index in [1.807, 2.05) is 20.8 Å². The summed E-state index contributed by atoms with van der Waals surface area (Å²) in [4.78, 5) is 26.1. The first-order valence-electron chi connectivity index (χ1n) is 9.55. The van der Waals surface area contributed by atoms with Gasteiger partial charge in [0.15, 0.2) is 0 Å². The van der Waals surface area contributed by atoms with E-state index in [1.165, 1.54) is 0 Å². The number of carbonyl (C=O) groups is 2. The van der Waals surface area contributed by atoms with Gasteiger partial charge in [-0.3, -0.25) is 9.59 Å². The lowest BCUT2D eigenvalue weighted by atomic mass is 9.82. The van der Waals surface area contributed by atoms with Gasteiger partial charge in [0.25, 0.3) is 0 Å². The minimum absolute atomic E-state index is 0.152. The van der Waals surface area contributed by atoms with Crippen molar-refractivity contribution in [2.24, 2.45) is 10.8 Å². The van der Waals surface area contributed by atoms with Crippen molar-refractivity contribution in [2.75, 3.05) is 6.61 Å². The number of carbonyl (C=O) groups excluding carboxylic acids is 1. The molecule has 0 bridgehead atoms. The first kappa shape index (κ1) is 25.4. The molecule has 2 unspecified atom stereocenters. The van der Waals surface area contributed by atoms with E-state index in [-0.39, 0.29) is 16.8 Å². The highest BCUT2D eigenvalue weighted by molar-refractivity contribution is 6.89. The number of hydrogen-bond donors (Lipinski definition) is 1. The van der Waals surface area contributed by atoms with Crippen LogP contribution in [0.1, 0.15) is 48.0 Å². The SMILES string of the molecule is CC(C)(C)COC(=O)C(CC(C)(C)C)(C(C(=O)O)[Si](C)(C)C)[Si](C)(C)C. The quantitative estimate of drug-likeness (QED) is 0.426. The van der Waals surface area contributed by atoms with Crippen LogP contribution >= 0.6 is 0 Å². The monoisotopic (exact) mass is 402 g/mol. The Morgan fingerprint density at radius 3 is 1.54 bits per heavy atom. The lowest BCUT2D eigenvalue weighted by molar-refractivity contribution is -0.155. The number of aliphatic carboxylic acids is 1. The van der Waals surface area contributed by atoms with Crippen molar-refractivity contribution in [3.63, 3.8) is 0 Å². The number of hydrogen-bond acceptors (Lipinski definition) is 3. The molecule has 0 spiro atoms. The molecular weight excluding hydrogens is 360 g/mol. The van der Waals surface area contributed by atoms with Gasteiger partial charge < -0.3 is 9.84 Å². The van der Waals surface area contributed by atoms with Gasteiger partial charge in [-0.15, -0.1) is 0 Å². The van der Waals surface area contributed by atoms with Gasteiger partial charge in [-0.25, -0.2) is 0 Å². The molecule has 0 aliphatic carbocycles. The van der Waals surface area contributed by atoms with E-state index in [4.69, 9.17) is 4.74 Å². The second kappa shape index (κ2) is 7.78. The fraction of sp³-hybridized carbons (Fsp3) is 0.900. The van der Waals surface area contributed by atoms with E-state index < -0.39 is 32.7 Å². The highest BCUT2D eigenvalue weighted by Crippen LogP contribution is 2.60. The lowest BCUT2D eigenvalue weighted by Gasteiger charge is -2.51. The standard InChI is InChI=1S/C20H42O4Si2/c1-18(2,3)13-20(26(10,11)12,15(16(21)22)25(7,8)9)17(23)24-14-19(4,5)6/h15H,13-14H2,1-12H3,(H,21,22). The normalized spacial score (nSPS) is 17.4. The minimum atomic E-state index is -2.26. The van der Waals surface area contributed by atoms with Crippen LogP contribution in [0.3, 0.4) is 0 Å². The van der Waals surface area contributed by atoms with Crippen molar-refractivity contribution in [3.8, 4) is 0 Å². The van der Waals surface area contributed by atoms with Crippen molar-refractivity contribution in [3.05, 3.63) is 0 Å². The smallest absolute Gasteiger partial charge is 0.309 e. The van der Waals surface area contributed by atoms with Gasteiger partial charge in [-0.1, -0.05) is 80.8 Å². The van der Waals surface area contributed by atoms with Crippen LogP contribution in [-0.4, -0.2) is 39.8 Å². The third kappa shape index (κ3) is 6.52. The summed E-state index contributed by atoms with van der Waals surface area (Å²) >= 11 is 0. The Labute approximate surface area is 163 Å². The fourth-order valence-corrected chi connectivity index (χ4v) is 11.6. The zero-order valence-corrected chi connectivity index (χ0v) is 21.2. The lowest BCUT2D eigenvalue weighted by Crippen LogP contribution is -2.57. The molecule has 0 aromatic heterocycles. The van der Waals surface area contributed by atoms with Gasteiger partial charge in [0.05, 0.1) is 33.3 Å². The molecular formula is C20H42O4Si2. The summed E-state index contributed by atoms with van der Waals surface area (Å²) in [6.07, 6.45) is 0.542. The van der Waals surface area contributed by atoms with Crippen LogP contribution in [0.5, 0.6) is 0 Å². The first-order chi connectivity index (χ1) is 11.2. The molecule has 0 aromatic rings. The largest absolute Gasteiger partial charge is 0.481 e. The first-order valence-corrected chi connectivity index (χ1v) is 16.6. The fourth-order valence-electron chi connectivity index (χ4n) is 3.86.